The van der Waals surface area contributed by atoms with E-state index in [0.29, 0.717) is 25.7 Å². The molecule has 0 bridgehead atoms. The number of hydrogen-bond acceptors (Lipinski definition) is 4. The molecule has 0 saturated heterocycles. The highest BCUT2D eigenvalue weighted by Gasteiger charge is 2.34. The lowest BCUT2D eigenvalue weighted by Crippen LogP contribution is -2.29. The minimum Gasteiger partial charge on any atom is -0.478 e. The zero-order valence-corrected chi connectivity index (χ0v) is 14.9. The number of aliphatic carboxylic acids is 1. The van der Waals surface area contributed by atoms with Crippen LogP contribution in [0.3, 0.4) is 0 Å². The Labute approximate surface area is 149 Å². The molecule has 0 amide bonds. The molecule has 0 spiro atoms. The van der Waals surface area contributed by atoms with Crippen LogP contribution in [0.25, 0.3) is 0 Å². The lowest BCUT2D eigenvalue weighted by Gasteiger charge is -2.21. The third-order valence-corrected chi connectivity index (χ3v) is 4.43. The summed E-state index contributed by atoms with van der Waals surface area (Å²) < 4.78 is 0. The van der Waals surface area contributed by atoms with E-state index in [2.05, 4.69) is 6.92 Å². The number of carbonyl (C=O) groups is 2. The summed E-state index contributed by atoms with van der Waals surface area (Å²) in [5.74, 6) is -1.79. The van der Waals surface area contributed by atoms with Crippen molar-refractivity contribution in [3.63, 3.8) is 0 Å². The SMILES string of the molecule is CCCCCC(O)C=CC1C=CC(=O)C1C(O)CCCC=CC(=O)O. The molecular formula is C20H30O5. The second-order valence-electron chi connectivity index (χ2n) is 6.55. The molecule has 1 aliphatic rings. The Morgan fingerprint density at radius 1 is 1.24 bits per heavy atom. The number of aliphatic hydroxyl groups is 2. The molecule has 1 rings (SSSR count). The second kappa shape index (κ2) is 11.8. The van der Waals surface area contributed by atoms with Gasteiger partial charge in [-0.25, -0.2) is 4.79 Å². The van der Waals surface area contributed by atoms with Crippen LogP contribution in [0.2, 0.25) is 0 Å². The molecule has 3 N–H and O–H groups in total. The fraction of sp³-hybridized carbons (Fsp3) is 0.600. The van der Waals surface area contributed by atoms with Gasteiger partial charge in [-0.3, -0.25) is 4.79 Å². The van der Waals surface area contributed by atoms with Crippen LogP contribution < -0.4 is 0 Å². The van der Waals surface area contributed by atoms with Crippen molar-refractivity contribution in [1.29, 1.82) is 0 Å². The van der Waals surface area contributed by atoms with Crippen LogP contribution in [0.4, 0.5) is 0 Å². The molecule has 0 aromatic carbocycles. The Kier molecular flexibility index (Phi) is 10.0. The lowest BCUT2D eigenvalue weighted by molar-refractivity contribution is -0.131. The van der Waals surface area contributed by atoms with Gasteiger partial charge in [0.25, 0.3) is 0 Å². The molecule has 0 aromatic heterocycles. The zero-order chi connectivity index (χ0) is 18.7. The van der Waals surface area contributed by atoms with E-state index in [1.807, 2.05) is 6.08 Å². The van der Waals surface area contributed by atoms with Crippen molar-refractivity contribution in [2.45, 2.75) is 64.1 Å². The molecule has 0 aliphatic heterocycles. The van der Waals surface area contributed by atoms with E-state index in [0.717, 1.165) is 25.3 Å². The van der Waals surface area contributed by atoms with E-state index in [1.165, 1.54) is 6.08 Å². The van der Waals surface area contributed by atoms with Gasteiger partial charge in [0, 0.05) is 12.0 Å². The summed E-state index contributed by atoms with van der Waals surface area (Å²) in [6.45, 7) is 2.11. The minimum absolute atomic E-state index is 0.0938. The molecular weight excluding hydrogens is 320 g/mol. The molecule has 140 valence electrons. The average molecular weight is 350 g/mol. The van der Waals surface area contributed by atoms with Crippen LogP contribution >= 0.6 is 0 Å². The standard InChI is InChI=1S/C20H30O5/c1-2-3-5-8-16(21)13-11-15-12-14-18(23)20(15)17(22)9-6-4-7-10-19(24)25/h7,10-17,20-22H,2-6,8-9H2,1H3,(H,24,25). The molecule has 5 nitrogen and oxygen atoms in total. The fourth-order valence-corrected chi connectivity index (χ4v) is 3.02. The molecule has 0 fully saturated rings. The first-order chi connectivity index (χ1) is 12.0. The van der Waals surface area contributed by atoms with Gasteiger partial charge in [0.2, 0.25) is 0 Å². The van der Waals surface area contributed by atoms with Crippen molar-refractivity contribution in [1.82, 2.24) is 0 Å². The summed E-state index contributed by atoms with van der Waals surface area (Å²) in [4.78, 5) is 22.4. The first kappa shape index (κ1) is 21.3. The highest BCUT2D eigenvalue weighted by atomic mass is 16.4. The first-order valence-electron chi connectivity index (χ1n) is 9.11. The molecule has 0 aromatic rings. The Balaban J connectivity index is 2.47. The minimum atomic E-state index is -0.988. The summed E-state index contributed by atoms with van der Waals surface area (Å²) in [5, 5.41) is 28.8. The Bertz CT molecular complexity index is 506. The summed E-state index contributed by atoms with van der Waals surface area (Å²) in [7, 11) is 0. The molecule has 0 heterocycles. The van der Waals surface area contributed by atoms with Gasteiger partial charge in [-0.15, -0.1) is 0 Å². The molecule has 4 atom stereocenters. The monoisotopic (exact) mass is 350 g/mol. The van der Waals surface area contributed by atoms with Gasteiger partial charge in [-0.2, -0.15) is 0 Å². The Hall–Kier alpha value is -1.72. The van der Waals surface area contributed by atoms with Gasteiger partial charge in [0.15, 0.2) is 5.78 Å². The first-order valence-corrected chi connectivity index (χ1v) is 9.11. The highest BCUT2D eigenvalue weighted by molar-refractivity contribution is 5.95. The van der Waals surface area contributed by atoms with E-state index < -0.39 is 24.1 Å². The van der Waals surface area contributed by atoms with Gasteiger partial charge in [0.1, 0.15) is 0 Å². The van der Waals surface area contributed by atoms with Gasteiger partial charge < -0.3 is 15.3 Å². The highest BCUT2D eigenvalue weighted by Crippen LogP contribution is 2.29. The largest absolute Gasteiger partial charge is 0.478 e. The number of aliphatic hydroxyl groups excluding tert-OH is 2. The van der Waals surface area contributed by atoms with Crippen LogP contribution in [-0.4, -0.2) is 39.3 Å². The van der Waals surface area contributed by atoms with E-state index in [1.54, 1.807) is 18.2 Å². The topological polar surface area (TPSA) is 94.8 Å². The molecule has 4 unspecified atom stereocenters. The van der Waals surface area contributed by atoms with Crippen LogP contribution in [0.1, 0.15) is 51.9 Å². The van der Waals surface area contributed by atoms with Gasteiger partial charge >= 0.3 is 5.97 Å². The molecule has 0 saturated carbocycles. The van der Waals surface area contributed by atoms with E-state index in [4.69, 9.17) is 5.11 Å². The number of hydrogen-bond donors (Lipinski definition) is 3. The van der Waals surface area contributed by atoms with Crippen molar-refractivity contribution in [2.75, 3.05) is 0 Å². The van der Waals surface area contributed by atoms with E-state index >= 15 is 0 Å². The third kappa shape index (κ3) is 8.27. The third-order valence-electron chi connectivity index (χ3n) is 4.43. The van der Waals surface area contributed by atoms with Crippen molar-refractivity contribution >= 4 is 11.8 Å². The van der Waals surface area contributed by atoms with Crippen LogP contribution in [-0.2, 0) is 9.59 Å². The normalized spacial score (nSPS) is 22.9. The number of carboxylic acids is 1. The number of carboxylic acid groups (broad SMARTS) is 1. The number of allylic oxidation sites excluding steroid dienone is 4. The van der Waals surface area contributed by atoms with Crippen LogP contribution in [0, 0.1) is 11.8 Å². The lowest BCUT2D eigenvalue weighted by atomic mass is 9.86. The smallest absolute Gasteiger partial charge is 0.327 e. The fourth-order valence-electron chi connectivity index (χ4n) is 3.02. The van der Waals surface area contributed by atoms with Gasteiger partial charge in [0.05, 0.1) is 18.1 Å². The van der Waals surface area contributed by atoms with Crippen LogP contribution in [0.5, 0.6) is 0 Å². The summed E-state index contributed by atoms with van der Waals surface area (Å²) >= 11 is 0. The van der Waals surface area contributed by atoms with Crippen molar-refractivity contribution in [2.24, 2.45) is 11.8 Å². The van der Waals surface area contributed by atoms with Crippen molar-refractivity contribution in [3.8, 4) is 0 Å². The van der Waals surface area contributed by atoms with E-state index in [-0.39, 0.29) is 11.7 Å². The van der Waals surface area contributed by atoms with E-state index in [9.17, 15) is 19.8 Å². The maximum Gasteiger partial charge on any atom is 0.327 e. The summed E-state index contributed by atoms with van der Waals surface area (Å²) in [6.07, 6.45) is 13.6. The quantitative estimate of drug-likeness (QED) is 0.286. The Morgan fingerprint density at radius 2 is 2.00 bits per heavy atom. The predicted octanol–water partition coefficient (Wildman–Crippen LogP) is 3.03. The van der Waals surface area contributed by atoms with Crippen molar-refractivity contribution in [3.05, 3.63) is 36.5 Å². The number of rotatable bonds is 12. The maximum atomic E-state index is 12.0. The van der Waals surface area contributed by atoms with Crippen molar-refractivity contribution < 1.29 is 24.9 Å². The second-order valence-corrected chi connectivity index (χ2v) is 6.55. The zero-order valence-electron chi connectivity index (χ0n) is 14.9. The summed E-state index contributed by atoms with van der Waals surface area (Å²) in [6, 6.07) is 0. The average Bonchev–Trinajstić information content (AvgIpc) is 2.93. The molecule has 5 heteroatoms. The maximum absolute atomic E-state index is 12.0. The number of ketones is 1. The van der Waals surface area contributed by atoms with Gasteiger partial charge in [-0.05, 0) is 31.8 Å². The number of unbranched alkanes of at least 4 members (excludes halogenated alkanes) is 3. The molecule has 0 radical (unpaired) electrons. The molecule has 25 heavy (non-hydrogen) atoms. The van der Waals surface area contributed by atoms with Gasteiger partial charge in [-0.1, -0.05) is 50.5 Å². The predicted molar refractivity (Wildman–Crippen MR) is 97.0 cm³/mol. The molecule has 1 aliphatic carbocycles. The summed E-state index contributed by atoms with van der Waals surface area (Å²) in [5.41, 5.74) is 0. The number of carbonyl (C=O) groups excluding carboxylic acids is 1. The Morgan fingerprint density at radius 3 is 2.68 bits per heavy atom. The van der Waals surface area contributed by atoms with Crippen LogP contribution in [0.15, 0.2) is 36.5 Å².